The Balaban J connectivity index is 4.17. The van der Waals surface area contributed by atoms with Gasteiger partial charge in [0.2, 0.25) is 0 Å². The number of halogens is 1. The molecule has 1 nitrogen and oxygen atoms in total. The lowest BCUT2D eigenvalue weighted by Gasteiger charge is -2.36. The molecule has 0 aliphatic heterocycles. The first-order valence-electron chi connectivity index (χ1n) is 4.96. The molecule has 0 N–H and O–H groups in total. The maximum atomic E-state index is 6.02. The summed E-state index contributed by atoms with van der Waals surface area (Å²) >= 11 is 3.10. The average Bonchev–Trinajstić information content (AvgIpc) is 1.99. The van der Waals surface area contributed by atoms with Crippen LogP contribution in [0.1, 0.15) is 27.7 Å². The van der Waals surface area contributed by atoms with Gasteiger partial charge in [-0.15, -0.1) is 0 Å². The second-order valence-corrected chi connectivity index (χ2v) is 10.4. The number of rotatable bonds is 3. The van der Waals surface area contributed by atoms with Gasteiger partial charge >= 0.3 is 0 Å². The van der Waals surface area contributed by atoms with Crippen molar-refractivity contribution in [2.45, 2.75) is 45.8 Å². The molecule has 0 rings (SSSR count). The molecule has 0 spiro atoms. The monoisotopic (exact) mass is 276 g/mol. The van der Waals surface area contributed by atoms with E-state index < -0.39 is 8.32 Å². The highest BCUT2D eigenvalue weighted by molar-refractivity contribution is 9.12. The molecule has 82 valence electrons. The Morgan fingerprint density at radius 2 is 1.86 bits per heavy atom. The maximum Gasteiger partial charge on any atom is 0.192 e. The van der Waals surface area contributed by atoms with Crippen molar-refractivity contribution >= 4 is 24.2 Å². The number of hydrogen-bond donors (Lipinski definition) is 0. The molecule has 0 aliphatic carbocycles. The average molecular weight is 277 g/mol. The summed E-state index contributed by atoms with van der Waals surface area (Å²) in [5.74, 6) is 3.34. The standard InChI is InChI=1S/C11H21BrOSi/c1-10(7-8-12)9-13-14(5,6)11(2,3)4/h10H,9H2,1-6H3/t10-/m0/s1. The molecule has 0 radical (unpaired) electrons. The van der Waals surface area contributed by atoms with Crippen molar-refractivity contribution in [2.75, 3.05) is 6.61 Å². The van der Waals surface area contributed by atoms with Gasteiger partial charge in [0, 0.05) is 28.5 Å². The Bertz CT molecular complexity index is 232. The minimum absolute atomic E-state index is 0.286. The van der Waals surface area contributed by atoms with E-state index in [1.165, 1.54) is 0 Å². The molecule has 0 unspecified atom stereocenters. The van der Waals surface area contributed by atoms with Gasteiger partial charge in [0.25, 0.3) is 0 Å². The zero-order valence-corrected chi connectivity index (χ0v) is 12.7. The highest BCUT2D eigenvalue weighted by Gasteiger charge is 2.37. The van der Waals surface area contributed by atoms with E-state index in [0.29, 0.717) is 5.92 Å². The van der Waals surface area contributed by atoms with Crippen molar-refractivity contribution in [2.24, 2.45) is 5.92 Å². The van der Waals surface area contributed by atoms with Gasteiger partial charge in [-0.05, 0) is 29.9 Å². The third kappa shape index (κ3) is 4.63. The summed E-state index contributed by atoms with van der Waals surface area (Å²) in [6.07, 6.45) is 0. The van der Waals surface area contributed by atoms with E-state index in [9.17, 15) is 0 Å². The van der Waals surface area contributed by atoms with Crippen molar-refractivity contribution in [1.29, 1.82) is 0 Å². The van der Waals surface area contributed by atoms with E-state index in [1.807, 2.05) is 0 Å². The van der Waals surface area contributed by atoms with Crippen LogP contribution in [0, 0.1) is 16.7 Å². The molecule has 14 heavy (non-hydrogen) atoms. The number of hydrogen-bond acceptors (Lipinski definition) is 1. The summed E-state index contributed by atoms with van der Waals surface area (Å²) in [6, 6.07) is 0. The molecule has 0 aromatic carbocycles. The lowest BCUT2D eigenvalue weighted by molar-refractivity contribution is 0.263. The van der Waals surface area contributed by atoms with Crippen LogP contribution in [0.5, 0.6) is 0 Å². The predicted molar refractivity (Wildman–Crippen MR) is 69.0 cm³/mol. The molecule has 0 fully saturated rings. The van der Waals surface area contributed by atoms with Gasteiger partial charge in [-0.3, -0.25) is 0 Å². The highest BCUT2D eigenvalue weighted by Crippen LogP contribution is 2.36. The Morgan fingerprint density at radius 1 is 1.36 bits per heavy atom. The molecule has 0 bridgehead atoms. The Labute approximate surface area is 97.9 Å². The van der Waals surface area contributed by atoms with Gasteiger partial charge in [-0.2, -0.15) is 0 Å². The van der Waals surface area contributed by atoms with Crippen molar-refractivity contribution in [3.63, 3.8) is 0 Å². The second-order valence-electron chi connectivity index (χ2n) is 5.21. The minimum Gasteiger partial charge on any atom is -0.416 e. The zero-order valence-electron chi connectivity index (χ0n) is 10.1. The van der Waals surface area contributed by atoms with Crippen LogP contribution in [0.2, 0.25) is 18.1 Å². The molecule has 0 amide bonds. The summed E-state index contributed by atoms with van der Waals surface area (Å²) in [5, 5.41) is 0.286. The Morgan fingerprint density at radius 3 is 2.21 bits per heavy atom. The second kappa shape index (κ2) is 5.34. The minimum atomic E-state index is -1.58. The lowest BCUT2D eigenvalue weighted by atomic mass is 10.2. The molecule has 0 aliphatic rings. The summed E-state index contributed by atoms with van der Waals surface area (Å²) in [6.45, 7) is 14.1. The lowest BCUT2D eigenvalue weighted by Crippen LogP contribution is -2.41. The summed E-state index contributed by atoms with van der Waals surface area (Å²) < 4.78 is 6.02. The van der Waals surface area contributed by atoms with Crippen LogP contribution in [-0.4, -0.2) is 14.9 Å². The van der Waals surface area contributed by atoms with Crippen LogP contribution in [0.15, 0.2) is 0 Å². The first-order valence-corrected chi connectivity index (χ1v) is 8.66. The molecular weight excluding hydrogens is 256 g/mol. The van der Waals surface area contributed by atoms with Crippen LogP contribution in [-0.2, 0) is 4.43 Å². The third-order valence-corrected chi connectivity index (χ3v) is 7.53. The van der Waals surface area contributed by atoms with Gasteiger partial charge in [0.15, 0.2) is 8.32 Å². The van der Waals surface area contributed by atoms with E-state index in [-0.39, 0.29) is 5.04 Å². The molecule has 0 aromatic heterocycles. The van der Waals surface area contributed by atoms with Gasteiger partial charge in [-0.25, -0.2) is 0 Å². The largest absolute Gasteiger partial charge is 0.416 e. The molecule has 0 saturated carbocycles. The van der Waals surface area contributed by atoms with Crippen molar-refractivity contribution < 1.29 is 4.43 Å². The first-order chi connectivity index (χ1) is 6.20. The van der Waals surface area contributed by atoms with E-state index in [1.54, 1.807) is 0 Å². The van der Waals surface area contributed by atoms with Crippen molar-refractivity contribution in [3.05, 3.63) is 0 Å². The quantitative estimate of drug-likeness (QED) is 0.559. The van der Waals surface area contributed by atoms with Crippen molar-refractivity contribution in [3.8, 4) is 10.8 Å². The smallest absolute Gasteiger partial charge is 0.192 e. The molecule has 0 saturated heterocycles. The van der Waals surface area contributed by atoms with Crippen molar-refractivity contribution in [1.82, 2.24) is 0 Å². The van der Waals surface area contributed by atoms with Crippen LogP contribution in [0.3, 0.4) is 0 Å². The maximum absolute atomic E-state index is 6.02. The fourth-order valence-electron chi connectivity index (χ4n) is 0.685. The van der Waals surface area contributed by atoms with Crippen LogP contribution in [0.25, 0.3) is 0 Å². The van der Waals surface area contributed by atoms with Crippen LogP contribution in [0.4, 0.5) is 0 Å². The van der Waals surface area contributed by atoms with E-state index >= 15 is 0 Å². The first kappa shape index (κ1) is 14.2. The Hall–Kier alpha value is 0.217. The molecule has 0 heterocycles. The van der Waals surface area contributed by atoms with Crippen LogP contribution >= 0.6 is 15.9 Å². The summed E-state index contributed by atoms with van der Waals surface area (Å²) in [7, 11) is -1.58. The van der Waals surface area contributed by atoms with Crippen LogP contribution < -0.4 is 0 Å². The van der Waals surface area contributed by atoms with E-state index in [0.717, 1.165) is 6.61 Å². The van der Waals surface area contributed by atoms with Gasteiger partial charge < -0.3 is 4.43 Å². The SMILES string of the molecule is C[C@@H](C#CBr)CO[Si](C)(C)C(C)(C)C. The summed E-state index contributed by atoms with van der Waals surface area (Å²) in [4.78, 5) is 2.74. The molecular formula is C11H21BrOSi. The zero-order chi connectivity index (χ0) is 11.4. The fourth-order valence-corrected chi connectivity index (χ4v) is 2.18. The molecule has 0 aromatic rings. The van der Waals surface area contributed by atoms with E-state index in [4.69, 9.17) is 4.43 Å². The Kier molecular flexibility index (Phi) is 5.42. The highest BCUT2D eigenvalue weighted by atomic mass is 79.9. The third-order valence-electron chi connectivity index (χ3n) is 2.80. The molecule has 3 heteroatoms. The van der Waals surface area contributed by atoms with Gasteiger partial charge in [0.05, 0.1) is 0 Å². The fraction of sp³-hybridized carbons (Fsp3) is 0.818. The summed E-state index contributed by atoms with van der Waals surface area (Å²) in [5.41, 5.74) is 0. The van der Waals surface area contributed by atoms with Gasteiger partial charge in [0.1, 0.15) is 0 Å². The van der Waals surface area contributed by atoms with Gasteiger partial charge in [-0.1, -0.05) is 26.7 Å². The topological polar surface area (TPSA) is 9.23 Å². The molecule has 1 atom stereocenters. The normalized spacial score (nSPS) is 14.5. The van der Waals surface area contributed by atoms with E-state index in [2.05, 4.69) is 67.5 Å². The predicted octanol–water partition coefficient (Wildman–Crippen LogP) is 4.00.